The van der Waals surface area contributed by atoms with E-state index in [0.717, 1.165) is 59.7 Å². The Hall–Kier alpha value is -5.12. The number of nitrogens with zero attached hydrogens (tertiary/aromatic N) is 5. The average Bonchev–Trinajstić information content (AvgIpc) is 3.98. The fraction of sp³-hybridized carbons (Fsp3) is 0.487. The van der Waals surface area contributed by atoms with Crippen LogP contribution in [0.3, 0.4) is 0 Å². The Bertz CT molecular complexity index is 2280. The quantitative estimate of drug-likeness (QED) is 0.0793. The van der Waals surface area contributed by atoms with E-state index in [9.17, 15) is 9.59 Å². The van der Waals surface area contributed by atoms with Crippen molar-refractivity contribution in [1.29, 1.82) is 0 Å². The van der Waals surface area contributed by atoms with Gasteiger partial charge in [-0.1, -0.05) is 33.8 Å². The first-order chi connectivity index (χ1) is 26.1. The highest BCUT2D eigenvalue weighted by molar-refractivity contribution is 6.05. The zero-order valence-electron chi connectivity index (χ0n) is 31.7. The van der Waals surface area contributed by atoms with E-state index in [0.29, 0.717) is 58.5 Å². The summed E-state index contributed by atoms with van der Waals surface area (Å²) in [7, 11) is 2.94. The minimum absolute atomic E-state index is 0.127. The molecule has 0 saturated carbocycles. The highest BCUT2D eigenvalue weighted by Gasteiger charge is 2.38. The number of hydrogen-bond acceptors (Lipinski definition) is 11. The molecule has 1 fully saturated rings. The van der Waals surface area contributed by atoms with Gasteiger partial charge in [-0.3, -0.25) is 9.78 Å². The van der Waals surface area contributed by atoms with Gasteiger partial charge in [0.25, 0.3) is 0 Å². The molecule has 15 heteroatoms. The number of hydroxylamine groups is 1. The maximum Gasteiger partial charge on any atom is 0.407 e. The van der Waals surface area contributed by atoms with Crippen molar-refractivity contribution in [1.82, 2.24) is 45.6 Å². The first-order valence-corrected chi connectivity index (χ1v) is 18.8. The van der Waals surface area contributed by atoms with Gasteiger partial charge < -0.3 is 39.9 Å². The van der Waals surface area contributed by atoms with E-state index in [-0.39, 0.29) is 29.8 Å². The normalized spacial score (nSPS) is 16.7. The average molecular weight is 739 g/mol. The molecule has 54 heavy (non-hydrogen) atoms. The van der Waals surface area contributed by atoms with Crippen molar-refractivity contribution in [3.8, 4) is 11.6 Å². The number of methoxy groups -OCH3 is 1. The maximum atomic E-state index is 13.7. The number of H-pyrrole nitrogens is 2. The number of nitrogens with two attached hydrogens (primary N) is 1. The Morgan fingerprint density at radius 3 is 2.54 bits per heavy atom. The second-order valence-corrected chi connectivity index (χ2v) is 14.9. The predicted octanol–water partition coefficient (Wildman–Crippen LogP) is 6.23. The summed E-state index contributed by atoms with van der Waals surface area (Å²) in [5, 5.41) is 4.64. The van der Waals surface area contributed by atoms with Crippen molar-refractivity contribution in [2.45, 2.75) is 83.8 Å². The number of rotatable bonds is 14. The highest BCUT2D eigenvalue weighted by Crippen LogP contribution is 2.36. The van der Waals surface area contributed by atoms with E-state index >= 15 is 0 Å². The number of carbonyl (C=O) groups excluding carboxylic acids is 2. The summed E-state index contributed by atoms with van der Waals surface area (Å²) in [5.74, 6) is 2.25. The number of hydrogen-bond donors (Lipinski definition) is 5. The molecule has 0 unspecified atom stereocenters. The summed E-state index contributed by atoms with van der Waals surface area (Å²) >= 11 is 0. The number of imidazole rings is 2. The molecule has 0 bridgehead atoms. The molecular weight excluding hydrogens is 688 g/mol. The lowest BCUT2D eigenvalue weighted by atomic mass is 9.89. The van der Waals surface area contributed by atoms with E-state index in [1.807, 2.05) is 50.4 Å². The van der Waals surface area contributed by atoms with Crippen LogP contribution in [-0.4, -0.2) is 86.2 Å². The smallest absolute Gasteiger partial charge is 0.407 e. The van der Waals surface area contributed by atoms with Crippen LogP contribution in [0.15, 0.2) is 40.9 Å². The Kier molecular flexibility index (Phi) is 10.8. The van der Waals surface area contributed by atoms with Gasteiger partial charge in [-0.2, -0.15) is 5.48 Å². The zero-order chi connectivity index (χ0) is 38.1. The van der Waals surface area contributed by atoms with Gasteiger partial charge in [0.15, 0.2) is 5.58 Å². The van der Waals surface area contributed by atoms with E-state index in [1.54, 1.807) is 12.0 Å². The van der Waals surface area contributed by atoms with Crippen LogP contribution in [-0.2, 0) is 14.4 Å². The topological polar surface area (TPSA) is 202 Å². The molecule has 1 saturated heterocycles. The number of oxazole rings is 1. The fourth-order valence-corrected chi connectivity index (χ4v) is 7.61. The van der Waals surface area contributed by atoms with Crippen LogP contribution in [0.4, 0.5) is 4.79 Å². The first-order valence-electron chi connectivity index (χ1n) is 18.8. The largest absolute Gasteiger partial charge is 0.453 e. The second kappa shape index (κ2) is 15.7. The highest BCUT2D eigenvalue weighted by atomic mass is 16.6. The summed E-state index contributed by atoms with van der Waals surface area (Å²) < 4.78 is 11.2. The molecule has 6 N–H and O–H groups in total. The Morgan fingerprint density at radius 1 is 1.02 bits per heavy atom. The van der Waals surface area contributed by atoms with Crippen molar-refractivity contribution in [3.05, 3.63) is 48.2 Å². The van der Waals surface area contributed by atoms with Crippen molar-refractivity contribution in [2.75, 3.05) is 27.3 Å². The Balaban J connectivity index is 1.17. The third kappa shape index (κ3) is 7.22. The number of nitrogens with one attached hydrogen (secondary N) is 4. The van der Waals surface area contributed by atoms with Crippen LogP contribution >= 0.6 is 0 Å². The van der Waals surface area contributed by atoms with Gasteiger partial charge in [0, 0.05) is 30.1 Å². The Labute approximate surface area is 313 Å². The molecule has 0 radical (unpaired) electrons. The number of ether oxygens (including phenoxy) is 1. The molecule has 1 aliphatic heterocycles. The number of amides is 2. The number of alkyl carbamates (subject to hydrolysis) is 1. The lowest BCUT2D eigenvalue weighted by molar-refractivity contribution is -0.135. The van der Waals surface area contributed by atoms with E-state index in [2.05, 4.69) is 34.6 Å². The van der Waals surface area contributed by atoms with Crippen LogP contribution in [0.2, 0.25) is 0 Å². The van der Waals surface area contributed by atoms with Gasteiger partial charge >= 0.3 is 6.09 Å². The van der Waals surface area contributed by atoms with Crippen LogP contribution in [0.5, 0.6) is 0 Å². The lowest BCUT2D eigenvalue weighted by Crippen LogP contribution is -2.51. The lowest BCUT2D eigenvalue weighted by Gasteiger charge is -2.29. The van der Waals surface area contributed by atoms with Crippen molar-refractivity contribution < 1.29 is 23.6 Å². The van der Waals surface area contributed by atoms with Gasteiger partial charge in [0.2, 0.25) is 11.8 Å². The number of pyridine rings is 1. The molecule has 0 aliphatic carbocycles. The van der Waals surface area contributed by atoms with Gasteiger partial charge in [-0.15, -0.1) is 0 Å². The third-order valence-electron chi connectivity index (χ3n) is 10.6. The number of carbonyl (C=O) groups is 2. The number of aromatic amines is 2. The molecule has 4 aromatic heterocycles. The van der Waals surface area contributed by atoms with Crippen LogP contribution < -0.4 is 16.5 Å². The van der Waals surface area contributed by atoms with Crippen molar-refractivity contribution in [3.63, 3.8) is 0 Å². The molecule has 6 aromatic rings. The zero-order valence-corrected chi connectivity index (χ0v) is 31.7. The molecule has 2 aromatic carbocycles. The van der Waals surface area contributed by atoms with Gasteiger partial charge in [0.1, 0.15) is 34.4 Å². The summed E-state index contributed by atoms with van der Waals surface area (Å²) in [5.41, 5.74) is 14.1. The van der Waals surface area contributed by atoms with Gasteiger partial charge in [-0.05, 0) is 80.1 Å². The monoisotopic (exact) mass is 738 g/mol. The third-order valence-corrected chi connectivity index (χ3v) is 10.6. The number of likely N-dealkylation sites (tertiary alicyclic amines) is 1. The fourth-order valence-electron chi connectivity index (χ4n) is 7.61. The molecule has 1 aliphatic rings. The molecule has 286 valence electrons. The minimum Gasteiger partial charge on any atom is -0.453 e. The molecule has 7 rings (SSSR count). The predicted molar refractivity (Wildman–Crippen MR) is 206 cm³/mol. The standard InChI is InChI=1S/C39H50N10O5/c1-20(2)28(48-53-6)18-23(9-7-15-40)35-42-25-12-11-22-17-29(41-19-24(22)32(25)45-35)37-44-27-14-13-26-33(34(27)54-37)46-36(43-26)30-10-8-16-49(30)38(50)31(21(3)4)47-39(51)52-5/h11-14,17,19-21,23,28,30-31,48H,7-10,15-16,18,40H2,1-6H3,(H,42,45)(H,43,46)(H,47,51)/t23-,28-,30+,31+/m1/s1. The summed E-state index contributed by atoms with van der Waals surface area (Å²) in [6.45, 7) is 9.34. The minimum atomic E-state index is -0.716. The van der Waals surface area contributed by atoms with Crippen LogP contribution in [0.1, 0.15) is 83.4 Å². The van der Waals surface area contributed by atoms with Crippen molar-refractivity contribution >= 4 is 55.9 Å². The number of fused-ring (bicyclic) bond motifs is 6. The van der Waals surface area contributed by atoms with Crippen molar-refractivity contribution in [2.24, 2.45) is 17.6 Å². The summed E-state index contributed by atoms with van der Waals surface area (Å²) in [6.07, 6.45) is 5.44. The summed E-state index contributed by atoms with van der Waals surface area (Å²) in [6, 6.07) is 9.01. The van der Waals surface area contributed by atoms with Crippen LogP contribution in [0, 0.1) is 11.8 Å². The summed E-state index contributed by atoms with van der Waals surface area (Å²) in [4.78, 5) is 59.4. The SMILES string of the molecule is CON[C@H](C[C@@H](CCCN)c1nc2ccc3cc(-c4nc5ccc6nc([C@@H]7CCCN7C(=O)[C@@H](NC(=O)OC)C(C)C)[nH]c6c5o4)ncc3c2[nH]1)C(C)C. The first kappa shape index (κ1) is 37.2. The van der Waals surface area contributed by atoms with E-state index in [4.69, 9.17) is 39.7 Å². The van der Waals surface area contributed by atoms with Gasteiger partial charge in [-0.25, -0.2) is 19.7 Å². The van der Waals surface area contributed by atoms with Gasteiger partial charge in [0.05, 0.1) is 36.8 Å². The Morgan fingerprint density at radius 2 is 1.80 bits per heavy atom. The second-order valence-electron chi connectivity index (χ2n) is 14.9. The molecule has 2 amide bonds. The molecular formula is C39H50N10O5. The molecule has 15 nitrogen and oxygen atoms in total. The van der Waals surface area contributed by atoms with Crippen LogP contribution in [0.25, 0.3) is 55.5 Å². The van der Waals surface area contributed by atoms with E-state index in [1.165, 1.54) is 7.11 Å². The number of aromatic nitrogens is 6. The molecule has 5 heterocycles. The number of benzene rings is 2. The molecule has 0 spiro atoms. The molecule has 4 atom stereocenters. The van der Waals surface area contributed by atoms with E-state index < -0.39 is 12.1 Å². The maximum absolute atomic E-state index is 13.7.